The highest BCUT2D eigenvalue weighted by Crippen LogP contribution is 2.53. The number of hydrogen-bond donors (Lipinski definition) is 0. The Morgan fingerprint density at radius 1 is 0.822 bits per heavy atom. The van der Waals surface area contributed by atoms with Crippen molar-refractivity contribution in [3.63, 3.8) is 0 Å². The summed E-state index contributed by atoms with van der Waals surface area (Å²) in [5, 5.41) is 0.0394. The van der Waals surface area contributed by atoms with Gasteiger partial charge in [-0.05, 0) is 29.5 Å². The van der Waals surface area contributed by atoms with Crippen LogP contribution in [0.25, 0.3) is 10.8 Å². The van der Waals surface area contributed by atoms with Gasteiger partial charge >= 0.3 is 23.5 Å². The van der Waals surface area contributed by atoms with E-state index in [1.807, 2.05) is 0 Å². The smallest absolute Gasteiger partial charge is 0.374 e. The number of benzene rings is 2. The lowest BCUT2D eigenvalue weighted by atomic mass is 9.84. The van der Waals surface area contributed by atoms with Crippen LogP contribution in [0.5, 0.6) is 28.7 Å². The van der Waals surface area contributed by atoms with E-state index in [-0.39, 0.29) is 87.0 Å². The molecule has 232 valence electrons. The molecule has 0 radical (unpaired) electrons. The van der Waals surface area contributed by atoms with Crippen LogP contribution in [0.2, 0.25) is 0 Å². The minimum Gasteiger partial charge on any atom is -0.496 e. The molecule has 2 aliphatic heterocycles. The molecule has 3 aromatic rings. The molecule has 1 aliphatic carbocycles. The fourth-order valence-corrected chi connectivity index (χ4v) is 5.74. The van der Waals surface area contributed by atoms with Crippen molar-refractivity contribution in [3.8, 4) is 28.7 Å². The number of fused-ring (bicyclic) bond motifs is 3. The minimum atomic E-state index is -1.63. The van der Waals surface area contributed by atoms with Gasteiger partial charge in [0.1, 0.15) is 11.1 Å². The summed E-state index contributed by atoms with van der Waals surface area (Å²) in [4.78, 5) is 77.0. The zero-order chi connectivity index (χ0) is 32.4. The summed E-state index contributed by atoms with van der Waals surface area (Å²) >= 11 is 0. The normalized spacial score (nSPS) is 18.0. The molecular weight excluding hydrogens is 596 g/mol. The Bertz CT molecular complexity index is 1980. The first kappa shape index (κ1) is 29.4. The van der Waals surface area contributed by atoms with Gasteiger partial charge in [0.15, 0.2) is 34.5 Å². The largest absolute Gasteiger partial charge is 0.496 e. The van der Waals surface area contributed by atoms with Crippen molar-refractivity contribution >= 4 is 40.2 Å². The van der Waals surface area contributed by atoms with E-state index < -0.39 is 40.9 Å². The van der Waals surface area contributed by atoms with Gasteiger partial charge < -0.3 is 37.6 Å². The number of Topliss-reactive ketones (excluding diaryl/α,β-unsaturated/α-hetero) is 2. The molecule has 1 unspecified atom stereocenters. The SMILES string of the molecule is COC(=O)c1cc2cc3c(c(OC(C)=O)c2c(=O)o1)OC1(CC3)CC2=C(O1)C(=O)c1c(OC(C)=O)c(OC)cc(OC)c1C2=O. The summed E-state index contributed by atoms with van der Waals surface area (Å²) in [6.45, 7) is 2.25. The fraction of sp³-hybridized carbons (Fsp3) is 0.290. The van der Waals surface area contributed by atoms with E-state index in [9.17, 15) is 28.8 Å². The molecule has 1 atom stereocenters. The zero-order valence-electron chi connectivity index (χ0n) is 24.6. The van der Waals surface area contributed by atoms with Gasteiger partial charge in [-0.3, -0.25) is 19.2 Å². The second kappa shape index (κ2) is 10.5. The third kappa shape index (κ3) is 4.56. The van der Waals surface area contributed by atoms with E-state index in [1.165, 1.54) is 26.4 Å². The second-order valence-electron chi connectivity index (χ2n) is 10.4. The van der Waals surface area contributed by atoms with Crippen LogP contribution in [0, 0.1) is 0 Å². The topological polar surface area (TPSA) is 180 Å². The quantitative estimate of drug-likeness (QED) is 0.300. The maximum Gasteiger partial charge on any atom is 0.374 e. The van der Waals surface area contributed by atoms with Crippen LogP contribution in [0.15, 0.2) is 38.7 Å². The van der Waals surface area contributed by atoms with Gasteiger partial charge in [0.25, 0.3) is 5.79 Å². The molecule has 6 rings (SSSR count). The lowest BCUT2D eigenvalue weighted by Crippen LogP contribution is -2.40. The van der Waals surface area contributed by atoms with E-state index >= 15 is 0 Å². The van der Waals surface area contributed by atoms with Crippen molar-refractivity contribution in [1.29, 1.82) is 0 Å². The van der Waals surface area contributed by atoms with E-state index in [1.54, 1.807) is 6.07 Å². The molecular formula is C31H24O14. The van der Waals surface area contributed by atoms with Crippen LogP contribution < -0.4 is 29.3 Å². The minimum absolute atomic E-state index is 0.00903. The number of aryl methyl sites for hydroxylation is 1. The van der Waals surface area contributed by atoms with Crippen LogP contribution in [0.1, 0.15) is 63.5 Å². The molecule has 0 fully saturated rings. The van der Waals surface area contributed by atoms with E-state index in [0.29, 0.717) is 5.56 Å². The summed E-state index contributed by atoms with van der Waals surface area (Å²) in [5.41, 5.74) is -0.932. The van der Waals surface area contributed by atoms with Crippen molar-refractivity contribution in [1.82, 2.24) is 0 Å². The van der Waals surface area contributed by atoms with Crippen LogP contribution in [-0.2, 0) is 25.5 Å². The van der Waals surface area contributed by atoms with Gasteiger partial charge in [-0.1, -0.05) is 0 Å². The molecule has 3 aliphatic rings. The summed E-state index contributed by atoms with van der Waals surface area (Å²) in [6.07, 6.45) is 0.147. The van der Waals surface area contributed by atoms with Crippen LogP contribution in [0.4, 0.5) is 0 Å². The Morgan fingerprint density at radius 2 is 1.51 bits per heavy atom. The summed E-state index contributed by atoms with van der Waals surface area (Å²) in [7, 11) is 3.73. The number of carbonyl (C=O) groups is 5. The predicted octanol–water partition coefficient (Wildman–Crippen LogP) is 3.22. The number of ketones is 2. The van der Waals surface area contributed by atoms with Gasteiger partial charge in [0.2, 0.25) is 11.5 Å². The van der Waals surface area contributed by atoms with Crippen molar-refractivity contribution in [2.24, 2.45) is 0 Å². The first-order chi connectivity index (χ1) is 21.4. The van der Waals surface area contributed by atoms with Crippen molar-refractivity contribution in [2.45, 2.75) is 38.9 Å². The number of hydrogen-bond acceptors (Lipinski definition) is 14. The molecule has 3 heterocycles. The molecule has 1 spiro atoms. The summed E-state index contributed by atoms with van der Waals surface area (Å²) in [5.74, 6) is -6.72. The highest BCUT2D eigenvalue weighted by molar-refractivity contribution is 6.29. The number of rotatable bonds is 5. The molecule has 0 saturated heterocycles. The van der Waals surface area contributed by atoms with Crippen molar-refractivity contribution in [3.05, 3.63) is 62.4 Å². The highest BCUT2D eigenvalue weighted by Gasteiger charge is 2.54. The first-order valence-corrected chi connectivity index (χ1v) is 13.5. The van der Waals surface area contributed by atoms with Crippen LogP contribution >= 0.6 is 0 Å². The molecule has 0 N–H and O–H groups in total. The molecule has 14 nitrogen and oxygen atoms in total. The van der Waals surface area contributed by atoms with Gasteiger partial charge in [-0.2, -0.15) is 0 Å². The molecule has 14 heteroatoms. The summed E-state index contributed by atoms with van der Waals surface area (Å²) in [6, 6.07) is 4.19. The van der Waals surface area contributed by atoms with Crippen LogP contribution in [0.3, 0.4) is 0 Å². The number of ether oxygens (including phenoxy) is 7. The lowest BCUT2D eigenvalue weighted by molar-refractivity contribution is -0.149. The molecule has 0 bridgehead atoms. The van der Waals surface area contributed by atoms with Crippen molar-refractivity contribution < 1.29 is 61.5 Å². The predicted molar refractivity (Wildman–Crippen MR) is 149 cm³/mol. The highest BCUT2D eigenvalue weighted by atomic mass is 16.7. The average molecular weight is 621 g/mol. The van der Waals surface area contributed by atoms with Crippen LogP contribution in [-0.4, -0.2) is 56.6 Å². The van der Waals surface area contributed by atoms with Gasteiger partial charge in [0, 0.05) is 26.3 Å². The fourth-order valence-electron chi connectivity index (χ4n) is 5.74. The van der Waals surface area contributed by atoms with E-state index in [2.05, 4.69) is 4.74 Å². The zero-order valence-corrected chi connectivity index (χ0v) is 24.6. The number of esters is 3. The Balaban J connectivity index is 1.45. The molecule has 1 aromatic heterocycles. The summed E-state index contributed by atoms with van der Waals surface area (Å²) < 4.78 is 43.7. The third-order valence-electron chi connectivity index (χ3n) is 7.57. The first-order valence-electron chi connectivity index (χ1n) is 13.5. The monoisotopic (exact) mass is 620 g/mol. The second-order valence-corrected chi connectivity index (χ2v) is 10.4. The Labute approximate surface area is 253 Å². The maximum absolute atomic E-state index is 13.9. The standard InChI is InChI=1S/C31H24O14/c1-12(32)41-27-18(39-4)10-17(38-3)21-22(27)24(35)26-16(23(21)34)11-31(45-26)7-6-14-8-15-9-19(29(36)40-5)43-30(37)20(15)28(25(14)44-31)42-13(2)33/h8-10H,6-7,11H2,1-5H3. The van der Waals surface area contributed by atoms with E-state index in [0.717, 1.165) is 21.0 Å². The lowest BCUT2D eigenvalue weighted by Gasteiger charge is -2.36. The van der Waals surface area contributed by atoms with Gasteiger partial charge in [-0.25, -0.2) is 9.59 Å². The third-order valence-corrected chi connectivity index (χ3v) is 7.57. The van der Waals surface area contributed by atoms with Gasteiger partial charge in [0.05, 0.1) is 44.5 Å². The van der Waals surface area contributed by atoms with Crippen molar-refractivity contribution in [2.75, 3.05) is 21.3 Å². The maximum atomic E-state index is 13.9. The molecule has 2 aromatic carbocycles. The van der Waals surface area contributed by atoms with Gasteiger partial charge in [-0.15, -0.1) is 0 Å². The average Bonchev–Trinajstić information content (AvgIpc) is 3.38. The molecule has 0 amide bonds. The Kier molecular flexibility index (Phi) is 6.87. The molecule has 45 heavy (non-hydrogen) atoms. The molecule has 0 saturated carbocycles. The Morgan fingerprint density at radius 3 is 2.16 bits per heavy atom. The Hall–Kier alpha value is -5.66. The number of carbonyl (C=O) groups excluding carboxylic acids is 5. The number of methoxy groups -OCH3 is 3. The van der Waals surface area contributed by atoms with E-state index in [4.69, 9.17) is 32.8 Å². The number of allylic oxidation sites excluding steroid dienone is 1.